The summed E-state index contributed by atoms with van der Waals surface area (Å²) in [6.45, 7) is 3.78. The van der Waals surface area contributed by atoms with E-state index >= 15 is 0 Å². The monoisotopic (exact) mass is 445 g/mol. The number of aryl methyl sites for hydroxylation is 1. The highest BCUT2D eigenvalue weighted by Crippen LogP contribution is 2.36. The Bertz CT molecular complexity index is 1280. The molecule has 5 rings (SSSR count). The van der Waals surface area contributed by atoms with Crippen LogP contribution in [0.1, 0.15) is 23.7 Å². The van der Waals surface area contributed by atoms with Crippen LogP contribution >= 0.6 is 11.6 Å². The van der Waals surface area contributed by atoms with Crippen LogP contribution in [-0.4, -0.2) is 28.6 Å². The molecular formula is C26H24ClN3O2. The molecule has 4 aromatic rings. The lowest BCUT2D eigenvalue weighted by atomic mass is 10.1. The molecule has 0 spiro atoms. The Morgan fingerprint density at radius 3 is 2.62 bits per heavy atom. The maximum atomic E-state index is 12.9. The molecule has 32 heavy (non-hydrogen) atoms. The van der Waals surface area contributed by atoms with E-state index in [0.717, 1.165) is 33.9 Å². The number of anilines is 1. The van der Waals surface area contributed by atoms with E-state index < -0.39 is 0 Å². The number of halogens is 1. The van der Waals surface area contributed by atoms with Crippen molar-refractivity contribution < 1.29 is 9.53 Å². The molecule has 2 heterocycles. The molecule has 162 valence electrons. The molecule has 1 amide bonds. The third-order valence-electron chi connectivity index (χ3n) is 5.98. The van der Waals surface area contributed by atoms with Crippen LogP contribution in [0.2, 0.25) is 5.02 Å². The summed E-state index contributed by atoms with van der Waals surface area (Å²) in [5.74, 6) is 1.87. The van der Waals surface area contributed by atoms with Crippen LogP contribution in [-0.2, 0) is 11.3 Å². The van der Waals surface area contributed by atoms with Crippen molar-refractivity contribution in [2.24, 2.45) is 0 Å². The summed E-state index contributed by atoms with van der Waals surface area (Å²) in [4.78, 5) is 19.6. The molecule has 5 nitrogen and oxygen atoms in total. The predicted molar refractivity (Wildman–Crippen MR) is 128 cm³/mol. The number of rotatable bonds is 6. The quantitative estimate of drug-likeness (QED) is 0.388. The highest BCUT2D eigenvalue weighted by molar-refractivity contribution is 6.33. The molecule has 1 aliphatic rings. The second-order valence-electron chi connectivity index (χ2n) is 8.08. The van der Waals surface area contributed by atoms with E-state index in [-0.39, 0.29) is 11.8 Å². The van der Waals surface area contributed by atoms with E-state index in [1.807, 2.05) is 73.7 Å². The van der Waals surface area contributed by atoms with E-state index in [9.17, 15) is 4.79 Å². The second kappa shape index (κ2) is 8.67. The van der Waals surface area contributed by atoms with Crippen LogP contribution in [0.25, 0.3) is 11.0 Å². The Labute approximate surface area is 192 Å². The molecule has 1 unspecified atom stereocenters. The van der Waals surface area contributed by atoms with Crippen molar-refractivity contribution in [2.75, 3.05) is 18.1 Å². The Morgan fingerprint density at radius 2 is 1.78 bits per heavy atom. The van der Waals surface area contributed by atoms with Gasteiger partial charge in [0.15, 0.2) is 0 Å². The van der Waals surface area contributed by atoms with Gasteiger partial charge in [0.25, 0.3) is 0 Å². The highest BCUT2D eigenvalue weighted by Gasteiger charge is 2.35. The van der Waals surface area contributed by atoms with Gasteiger partial charge in [-0.3, -0.25) is 4.79 Å². The molecule has 3 aromatic carbocycles. The third-order valence-corrected chi connectivity index (χ3v) is 6.30. The van der Waals surface area contributed by atoms with Gasteiger partial charge in [0.2, 0.25) is 5.91 Å². The number of amides is 1. The van der Waals surface area contributed by atoms with Gasteiger partial charge in [0, 0.05) is 18.9 Å². The van der Waals surface area contributed by atoms with Crippen molar-refractivity contribution in [3.05, 3.63) is 89.2 Å². The first-order valence-corrected chi connectivity index (χ1v) is 11.2. The summed E-state index contributed by atoms with van der Waals surface area (Å²) in [5, 5.41) is 0.585. The molecule has 1 atom stereocenters. The van der Waals surface area contributed by atoms with Crippen molar-refractivity contribution >= 4 is 34.2 Å². The number of ether oxygens (including phenoxy) is 1. The van der Waals surface area contributed by atoms with Crippen molar-refractivity contribution in [3.63, 3.8) is 0 Å². The zero-order valence-corrected chi connectivity index (χ0v) is 18.6. The van der Waals surface area contributed by atoms with Gasteiger partial charge in [-0.05, 0) is 42.8 Å². The number of hydrogen-bond donors (Lipinski definition) is 0. The fourth-order valence-corrected chi connectivity index (χ4v) is 4.63. The first kappa shape index (κ1) is 20.6. The van der Waals surface area contributed by atoms with Gasteiger partial charge >= 0.3 is 0 Å². The Kier molecular flexibility index (Phi) is 5.58. The van der Waals surface area contributed by atoms with Crippen LogP contribution in [0.15, 0.2) is 72.8 Å². The standard InChI is InChI=1S/C26H24ClN3O2/c1-18-8-2-7-13-24(18)32-15-14-29-23-12-6-4-10-21(23)28-26(29)19-16-25(31)30(17-19)22-11-5-3-9-20(22)27/h2-13,19H,14-17H2,1H3. The fourth-order valence-electron chi connectivity index (χ4n) is 4.39. The van der Waals surface area contributed by atoms with E-state index in [1.54, 1.807) is 4.90 Å². The number of carbonyl (C=O) groups excluding carboxylic acids is 1. The molecule has 1 aromatic heterocycles. The minimum atomic E-state index is -0.00960. The molecule has 1 aliphatic heterocycles. The molecule has 6 heteroatoms. The SMILES string of the molecule is Cc1ccccc1OCCn1c(C2CC(=O)N(c3ccccc3Cl)C2)nc2ccccc21. The Balaban J connectivity index is 1.42. The largest absolute Gasteiger partial charge is 0.491 e. The first-order valence-electron chi connectivity index (χ1n) is 10.8. The molecule has 1 fully saturated rings. The van der Waals surface area contributed by atoms with Crippen LogP contribution < -0.4 is 9.64 Å². The van der Waals surface area contributed by atoms with E-state index in [0.29, 0.717) is 31.1 Å². The predicted octanol–water partition coefficient (Wildman–Crippen LogP) is 5.60. The number of hydrogen-bond acceptors (Lipinski definition) is 3. The lowest BCUT2D eigenvalue weighted by Crippen LogP contribution is -2.25. The molecule has 0 radical (unpaired) electrons. The van der Waals surface area contributed by atoms with Gasteiger partial charge in [-0.2, -0.15) is 0 Å². The average molecular weight is 446 g/mol. The summed E-state index contributed by atoms with van der Waals surface area (Å²) < 4.78 is 8.26. The normalized spacial score (nSPS) is 16.1. The lowest BCUT2D eigenvalue weighted by Gasteiger charge is -2.18. The van der Waals surface area contributed by atoms with Crippen molar-refractivity contribution in [2.45, 2.75) is 25.8 Å². The smallest absolute Gasteiger partial charge is 0.227 e. The van der Waals surface area contributed by atoms with Crippen molar-refractivity contribution in [3.8, 4) is 5.75 Å². The van der Waals surface area contributed by atoms with Crippen LogP contribution in [0.4, 0.5) is 5.69 Å². The van der Waals surface area contributed by atoms with Gasteiger partial charge in [-0.25, -0.2) is 4.98 Å². The van der Waals surface area contributed by atoms with Crippen LogP contribution in [0, 0.1) is 6.92 Å². The number of nitrogens with zero attached hydrogens (tertiary/aromatic N) is 3. The molecule has 0 N–H and O–H groups in total. The summed E-state index contributed by atoms with van der Waals surface area (Å²) in [6, 6.07) is 23.6. The second-order valence-corrected chi connectivity index (χ2v) is 8.49. The van der Waals surface area contributed by atoms with E-state index in [4.69, 9.17) is 21.3 Å². The van der Waals surface area contributed by atoms with Gasteiger partial charge < -0.3 is 14.2 Å². The maximum Gasteiger partial charge on any atom is 0.227 e. The van der Waals surface area contributed by atoms with Crippen LogP contribution in [0.3, 0.4) is 0 Å². The zero-order chi connectivity index (χ0) is 22.1. The summed E-state index contributed by atoms with van der Waals surface area (Å²) in [7, 11) is 0. The van der Waals surface area contributed by atoms with E-state index in [1.165, 1.54) is 0 Å². The molecule has 0 saturated carbocycles. The Morgan fingerprint density at radius 1 is 1.03 bits per heavy atom. The number of aromatic nitrogens is 2. The van der Waals surface area contributed by atoms with Gasteiger partial charge in [0.05, 0.1) is 28.3 Å². The fraction of sp³-hybridized carbons (Fsp3) is 0.231. The topological polar surface area (TPSA) is 47.4 Å². The first-order chi connectivity index (χ1) is 15.6. The van der Waals surface area contributed by atoms with Crippen LogP contribution in [0.5, 0.6) is 5.75 Å². The van der Waals surface area contributed by atoms with Crippen molar-refractivity contribution in [1.29, 1.82) is 0 Å². The van der Waals surface area contributed by atoms with Crippen molar-refractivity contribution in [1.82, 2.24) is 9.55 Å². The average Bonchev–Trinajstić information content (AvgIpc) is 3.36. The number of fused-ring (bicyclic) bond motifs is 1. The number of carbonyl (C=O) groups is 1. The molecule has 1 saturated heterocycles. The Hall–Kier alpha value is -3.31. The minimum Gasteiger partial charge on any atom is -0.491 e. The molecule has 0 bridgehead atoms. The van der Waals surface area contributed by atoms with Gasteiger partial charge in [-0.1, -0.05) is 54.1 Å². The van der Waals surface area contributed by atoms with Gasteiger partial charge in [0.1, 0.15) is 18.2 Å². The maximum absolute atomic E-state index is 12.9. The number of benzene rings is 3. The minimum absolute atomic E-state index is 0.00960. The number of para-hydroxylation sites is 4. The summed E-state index contributed by atoms with van der Waals surface area (Å²) in [5.41, 5.74) is 3.86. The van der Waals surface area contributed by atoms with E-state index in [2.05, 4.69) is 10.6 Å². The third kappa shape index (κ3) is 3.84. The zero-order valence-electron chi connectivity index (χ0n) is 17.9. The summed E-state index contributed by atoms with van der Waals surface area (Å²) >= 11 is 6.37. The van der Waals surface area contributed by atoms with Gasteiger partial charge in [-0.15, -0.1) is 0 Å². The highest BCUT2D eigenvalue weighted by atomic mass is 35.5. The molecular weight excluding hydrogens is 422 g/mol. The lowest BCUT2D eigenvalue weighted by molar-refractivity contribution is -0.117. The molecule has 0 aliphatic carbocycles. The number of imidazole rings is 1. The summed E-state index contributed by atoms with van der Waals surface area (Å²) in [6.07, 6.45) is 0.410.